The first-order valence-electron chi connectivity index (χ1n) is 5.66. The van der Waals surface area contributed by atoms with E-state index in [1.807, 2.05) is 24.3 Å². The van der Waals surface area contributed by atoms with E-state index in [9.17, 15) is 0 Å². The van der Waals surface area contributed by atoms with Crippen LogP contribution in [0.1, 0.15) is 5.56 Å². The molecule has 0 spiro atoms. The Morgan fingerprint density at radius 1 is 1.05 bits per heavy atom. The van der Waals surface area contributed by atoms with E-state index in [4.69, 9.17) is 9.47 Å². The van der Waals surface area contributed by atoms with Gasteiger partial charge in [0.25, 0.3) is 0 Å². The van der Waals surface area contributed by atoms with E-state index in [0.717, 1.165) is 15.7 Å². The highest BCUT2D eigenvalue weighted by Crippen LogP contribution is 2.24. The number of hydrogen-bond acceptors (Lipinski definition) is 5. The fraction of sp³-hybridized carbons (Fsp3) is 0.231. The summed E-state index contributed by atoms with van der Waals surface area (Å²) in [5.74, 6) is 1.02. The molecular weight excluding hydrogens is 310 g/mol. The quantitative estimate of drug-likeness (QED) is 0.916. The minimum atomic E-state index is 0.511. The number of nitrogens with one attached hydrogen (secondary N) is 1. The summed E-state index contributed by atoms with van der Waals surface area (Å²) in [5.41, 5.74) is 1.78. The summed E-state index contributed by atoms with van der Waals surface area (Å²) in [6.07, 6.45) is 1.42. The maximum atomic E-state index is 5.22. The first-order chi connectivity index (χ1) is 9.24. The zero-order valence-electron chi connectivity index (χ0n) is 10.7. The molecule has 1 heterocycles. The Morgan fingerprint density at radius 2 is 1.63 bits per heavy atom. The smallest absolute Gasteiger partial charge is 0.225 e. The predicted octanol–water partition coefficient (Wildman–Crippen LogP) is 2.87. The Bertz CT molecular complexity index is 524. The van der Waals surface area contributed by atoms with Crippen LogP contribution < -0.4 is 14.8 Å². The van der Waals surface area contributed by atoms with E-state index in [1.165, 1.54) is 6.33 Å². The highest BCUT2D eigenvalue weighted by molar-refractivity contribution is 9.10. The summed E-state index contributed by atoms with van der Waals surface area (Å²) in [6, 6.07) is 7.90. The molecule has 0 aliphatic heterocycles. The standard InChI is InChI=1S/C13H14BrN3O2/c1-18-12-11(13(19-2)17-8-16-12)7-15-10-5-3-9(14)4-6-10/h3-6,8,15H,7H2,1-2H3. The summed E-state index contributed by atoms with van der Waals surface area (Å²) in [5, 5.41) is 3.28. The van der Waals surface area contributed by atoms with Gasteiger partial charge >= 0.3 is 0 Å². The van der Waals surface area contributed by atoms with E-state index in [0.29, 0.717) is 18.3 Å². The van der Waals surface area contributed by atoms with Crippen molar-refractivity contribution in [3.63, 3.8) is 0 Å². The van der Waals surface area contributed by atoms with E-state index < -0.39 is 0 Å². The Hall–Kier alpha value is -1.82. The van der Waals surface area contributed by atoms with Gasteiger partial charge in [-0.3, -0.25) is 0 Å². The molecule has 0 aliphatic carbocycles. The van der Waals surface area contributed by atoms with Crippen LogP contribution in [-0.2, 0) is 6.54 Å². The van der Waals surface area contributed by atoms with Gasteiger partial charge in [-0.15, -0.1) is 0 Å². The second-order valence-electron chi connectivity index (χ2n) is 3.73. The molecule has 2 rings (SSSR count). The second-order valence-corrected chi connectivity index (χ2v) is 4.65. The highest BCUT2D eigenvalue weighted by atomic mass is 79.9. The van der Waals surface area contributed by atoms with Gasteiger partial charge in [-0.2, -0.15) is 0 Å². The molecule has 0 bridgehead atoms. The Balaban J connectivity index is 2.16. The van der Waals surface area contributed by atoms with E-state index >= 15 is 0 Å². The Kier molecular flexibility index (Phi) is 4.57. The van der Waals surface area contributed by atoms with Gasteiger partial charge < -0.3 is 14.8 Å². The van der Waals surface area contributed by atoms with Gasteiger partial charge in [0.1, 0.15) is 6.33 Å². The van der Waals surface area contributed by atoms with Gasteiger partial charge in [0, 0.05) is 10.2 Å². The normalized spacial score (nSPS) is 10.1. The molecule has 19 heavy (non-hydrogen) atoms. The molecule has 100 valence electrons. The molecule has 1 aromatic carbocycles. The fourth-order valence-electron chi connectivity index (χ4n) is 1.64. The largest absolute Gasteiger partial charge is 0.481 e. The molecule has 0 aliphatic rings. The second kappa shape index (κ2) is 6.38. The number of rotatable bonds is 5. The van der Waals surface area contributed by atoms with Crippen LogP contribution in [0.3, 0.4) is 0 Å². The van der Waals surface area contributed by atoms with E-state index in [1.54, 1.807) is 14.2 Å². The molecule has 0 amide bonds. The molecule has 1 N–H and O–H groups in total. The lowest BCUT2D eigenvalue weighted by Crippen LogP contribution is -2.06. The molecule has 1 aromatic heterocycles. The van der Waals surface area contributed by atoms with Crippen molar-refractivity contribution in [2.75, 3.05) is 19.5 Å². The lowest BCUT2D eigenvalue weighted by molar-refractivity contribution is 0.363. The fourth-order valence-corrected chi connectivity index (χ4v) is 1.91. The lowest BCUT2D eigenvalue weighted by Gasteiger charge is -2.12. The van der Waals surface area contributed by atoms with Crippen molar-refractivity contribution in [2.45, 2.75) is 6.54 Å². The van der Waals surface area contributed by atoms with Gasteiger partial charge in [0.2, 0.25) is 11.8 Å². The Labute approximate surface area is 120 Å². The molecular formula is C13H14BrN3O2. The van der Waals surface area contributed by atoms with Crippen molar-refractivity contribution in [1.82, 2.24) is 9.97 Å². The number of ether oxygens (including phenoxy) is 2. The van der Waals surface area contributed by atoms with Gasteiger partial charge in [-0.05, 0) is 24.3 Å². The van der Waals surface area contributed by atoms with Crippen molar-refractivity contribution >= 4 is 21.6 Å². The number of hydrogen-bond donors (Lipinski definition) is 1. The van der Waals surface area contributed by atoms with Gasteiger partial charge in [-0.1, -0.05) is 15.9 Å². The number of anilines is 1. The van der Waals surface area contributed by atoms with Gasteiger partial charge in [0.15, 0.2) is 0 Å². The third kappa shape index (κ3) is 3.35. The van der Waals surface area contributed by atoms with Crippen molar-refractivity contribution in [2.24, 2.45) is 0 Å². The van der Waals surface area contributed by atoms with Crippen LogP contribution in [0.25, 0.3) is 0 Å². The lowest BCUT2D eigenvalue weighted by atomic mass is 10.2. The predicted molar refractivity (Wildman–Crippen MR) is 76.6 cm³/mol. The van der Waals surface area contributed by atoms with E-state index in [-0.39, 0.29) is 0 Å². The van der Waals surface area contributed by atoms with Crippen LogP contribution in [0.5, 0.6) is 11.8 Å². The average Bonchev–Trinajstić information content (AvgIpc) is 2.46. The summed E-state index contributed by atoms with van der Waals surface area (Å²) in [4.78, 5) is 8.14. The minimum Gasteiger partial charge on any atom is -0.481 e. The van der Waals surface area contributed by atoms with Crippen molar-refractivity contribution < 1.29 is 9.47 Å². The molecule has 0 saturated heterocycles. The Morgan fingerprint density at radius 3 is 2.16 bits per heavy atom. The topological polar surface area (TPSA) is 56.3 Å². The molecule has 0 fully saturated rings. The molecule has 6 heteroatoms. The van der Waals surface area contributed by atoms with Crippen molar-refractivity contribution in [3.05, 3.63) is 40.6 Å². The molecule has 0 radical (unpaired) electrons. The molecule has 0 atom stereocenters. The number of nitrogens with zero attached hydrogens (tertiary/aromatic N) is 2. The third-order valence-electron chi connectivity index (χ3n) is 2.57. The van der Waals surface area contributed by atoms with Crippen LogP contribution in [0, 0.1) is 0 Å². The molecule has 0 saturated carbocycles. The number of halogens is 1. The summed E-state index contributed by atoms with van der Waals surface area (Å²) in [6.45, 7) is 0.523. The van der Waals surface area contributed by atoms with Gasteiger partial charge in [-0.25, -0.2) is 9.97 Å². The SMILES string of the molecule is COc1ncnc(OC)c1CNc1ccc(Br)cc1. The van der Waals surface area contributed by atoms with Crippen LogP contribution in [0.15, 0.2) is 35.1 Å². The first-order valence-corrected chi connectivity index (χ1v) is 6.45. The average molecular weight is 324 g/mol. The van der Waals surface area contributed by atoms with Crippen LogP contribution in [0.2, 0.25) is 0 Å². The van der Waals surface area contributed by atoms with Crippen LogP contribution in [0.4, 0.5) is 5.69 Å². The first kappa shape index (κ1) is 13.6. The molecule has 2 aromatic rings. The third-order valence-corrected chi connectivity index (χ3v) is 3.10. The maximum Gasteiger partial charge on any atom is 0.225 e. The summed E-state index contributed by atoms with van der Waals surface area (Å²) in [7, 11) is 3.15. The molecule has 0 unspecified atom stereocenters. The number of benzene rings is 1. The monoisotopic (exact) mass is 323 g/mol. The summed E-state index contributed by atoms with van der Waals surface area (Å²) >= 11 is 3.40. The van der Waals surface area contributed by atoms with Crippen LogP contribution in [-0.4, -0.2) is 24.2 Å². The zero-order chi connectivity index (χ0) is 13.7. The number of aromatic nitrogens is 2. The van der Waals surface area contributed by atoms with Crippen molar-refractivity contribution in [1.29, 1.82) is 0 Å². The minimum absolute atomic E-state index is 0.511. The zero-order valence-corrected chi connectivity index (χ0v) is 12.3. The molecule has 5 nitrogen and oxygen atoms in total. The summed E-state index contributed by atoms with van der Waals surface area (Å²) < 4.78 is 11.5. The van der Waals surface area contributed by atoms with Crippen molar-refractivity contribution in [3.8, 4) is 11.8 Å². The van der Waals surface area contributed by atoms with Gasteiger partial charge in [0.05, 0.1) is 26.3 Å². The highest BCUT2D eigenvalue weighted by Gasteiger charge is 2.12. The van der Waals surface area contributed by atoms with E-state index in [2.05, 4.69) is 31.2 Å². The number of methoxy groups -OCH3 is 2. The maximum absolute atomic E-state index is 5.22. The van der Waals surface area contributed by atoms with Crippen LogP contribution >= 0.6 is 15.9 Å².